The Kier molecular flexibility index (Phi) is 5.60. The molecular formula is C17H26N2O. The maximum absolute atomic E-state index is 11.4. The normalized spacial score (nSPS) is 15.6. The quantitative estimate of drug-likeness (QED) is 0.794. The molecule has 1 amide bonds. The zero-order valence-electron chi connectivity index (χ0n) is 12.7. The van der Waals surface area contributed by atoms with Gasteiger partial charge in [0.2, 0.25) is 5.91 Å². The molecule has 0 fully saturated rings. The van der Waals surface area contributed by atoms with Gasteiger partial charge in [-0.15, -0.1) is 0 Å². The van der Waals surface area contributed by atoms with Crippen LogP contribution >= 0.6 is 0 Å². The Morgan fingerprint density at radius 1 is 1.25 bits per heavy atom. The minimum atomic E-state index is 0.136. The first-order chi connectivity index (χ1) is 9.74. The van der Waals surface area contributed by atoms with Gasteiger partial charge in [0.05, 0.1) is 0 Å². The van der Waals surface area contributed by atoms with Crippen molar-refractivity contribution in [2.24, 2.45) is 0 Å². The lowest BCUT2D eigenvalue weighted by atomic mass is 9.95. The van der Waals surface area contributed by atoms with E-state index in [4.69, 9.17) is 0 Å². The van der Waals surface area contributed by atoms with Crippen LogP contribution in [0.5, 0.6) is 0 Å². The molecular weight excluding hydrogens is 248 g/mol. The van der Waals surface area contributed by atoms with Gasteiger partial charge in [0, 0.05) is 18.2 Å². The predicted molar refractivity (Wildman–Crippen MR) is 84.0 cm³/mol. The van der Waals surface area contributed by atoms with E-state index in [1.807, 2.05) is 0 Å². The standard InChI is InChI=1S/C17H26N2O/c1-3-5-6-15(18-11-4-2)13-7-9-16-14(12-13)8-10-17(20)19-16/h7,9,12,15,18H,3-6,8,10-11H2,1-2H3,(H,19,20). The van der Waals surface area contributed by atoms with Crippen LogP contribution in [0.15, 0.2) is 18.2 Å². The summed E-state index contributed by atoms with van der Waals surface area (Å²) in [5, 5.41) is 6.60. The van der Waals surface area contributed by atoms with Crippen molar-refractivity contribution in [3.63, 3.8) is 0 Å². The average molecular weight is 274 g/mol. The molecule has 110 valence electrons. The molecule has 0 bridgehead atoms. The fourth-order valence-electron chi connectivity index (χ4n) is 2.73. The van der Waals surface area contributed by atoms with Crippen molar-refractivity contribution >= 4 is 11.6 Å². The molecule has 0 saturated carbocycles. The number of nitrogens with one attached hydrogen (secondary N) is 2. The van der Waals surface area contributed by atoms with Crippen molar-refractivity contribution in [1.29, 1.82) is 0 Å². The first-order valence-corrected chi connectivity index (χ1v) is 7.90. The van der Waals surface area contributed by atoms with E-state index in [1.54, 1.807) is 0 Å². The highest BCUT2D eigenvalue weighted by Gasteiger charge is 2.17. The van der Waals surface area contributed by atoms with Crippen molar-refractivity contribution in [3.05, 3.63) is 29.3 Å². The smallest absolute Gasteiger partial charge is 0.224 e. The summed E-state index contributed by atoms with van der Waals surface area (Å²) in [5.74, 6) is 0.136. The minimum absolute atomic E-state index is 0.136. The van der Waals surface area contributed by atoms with E-state index in [9.17, 15) is 4.79 Å². The fraction of sp³-hybridized carbons (Fsp3) is 0.588. The second-order valence-corrected chi connectivity index (χ2v) is 5.61. The molecule has 20 heavy (non-hydrogen) atoms. The highest BCUT2D eigenvalue weighted by atomic mass is 16.1. The van der Waals surface area contributed by atoms with Crippen LogP contribution in [0.3, 0.4) is 0 Å². The lowest BCUT2D eigenvalue weighted by Crippen LogP contribution is -2.23. The van der Waals surface area contributed by atoms with Gasteiger partial charge in [0.25, 0.3) is 0 Å². The van der Waals surface area contributed by atoms with Crippen LogP contribution in [-0.2, 0) is 11.2 Å². The Labute approximate surface area is 122 Å². The number of unbranched alkanes of at least 4 members (excludes halogenated alkanes) is 1. The summed E-state index contributed by atoms with van der Waals surface area (Å²) < 4.78 is 0. The number of amides is 1. The molecule has 1 heterocycles. The summed E-state index contributed by atoms with van der Waals surface area (Å²) in [4.78, 5) is 11.4. The monoisotopic (exact) mass is 274 g/mol. The summed E-state index contributed by atoms with van der Waals surface area (Å²) in [6.07, 6.45) is 6.29. The van der Waals surface area contributed by atoms with Crippen LogP contribution in [0.25, 0.3) is 0 Å². The van der Waals surface area contributed by atoms with Crippen molar-refractivity contribution in [1.82, 2.24) is 5.32 Å². The lowest BCUT2D eigenvalue weighted by Gasteiger charge is -2.22. The number of carbonyl (C=O) groups excluding carboxylic acids is 1. The minimum Gasteiger partial charge on any atom is -0.326 e. The van der Waals surface area contributed by atoms with E-state index < -0.39 is 0 Å². The molecule has 1 aliphatic heterocycles. The lowest BCUT2D eigenvalue weighted by molar-refractivity contribution is -0.116. The molecule has 1 atom stereocenters. The Hall–Kier alpha value is -1.35. The number of hydrogen-bond acceptors (Lipinski definition) is 2. The van der Waals surface area contributed by atoms with E-state index in [0.717, 1.165) is 25.1 Å². The maximum Gasteiger partial charge on any atom is 0.224 e. The third-order valence-corrected chi connectivity index (χ3v) is 3.91. The average Bonchev–Trinajstić information content (AvgIpc) is 2.47. The molecule has 1 unspecified atom stereocenters. The number of hydrogen-bond donors (Lipinski definition) is 2. The number of aryl methyl sites for hydroxylation is 1. The van der Waals surface area contributed by atoms with Gasteiger partial charge >= 0.3 is 0 Å². The molecule has 1 aromatic rings. The molecule has 0 spiro atoms. The Balaban J connectivity index is 2.13. The van der Waals surface area contributed by atoms with Crippen LogP contribution < -0.4 is 10.6 Å². The van der Waals surface area contributed by atoms with Gasteiger partial charge in [-0.25, -0.2) is 0 Å². The number of benzene rings is 1. The van der Waals surface area contributed by atoms with Crippen LogP contribution in [0.4, 0.5) is 5.69 Å². The van der Waals surface area contributed by atoms with Gasteiger partial charge in [-0.1, -0.05) is 38.8 Å². The zero-order chi connectivity index (χ0) is 14.4. The third-order valence-electron chi connectivity index (χ3n) is 3.91. The summed E-state index contributed by atoms with van der Waals surface area (Å²) in [7, 11) is 0. The van der Waals surface area contributed by atoms with Crippen molar-refractivity contribution in [3.8, 4) is 0 Å². The summed E-state index contributed by atoms with van der Waals surface area (Å²) >= 11 is 0. The van der Waals surface area contributed by atoms with Crippen molar-refractivity contribution in [2.45, 2.75) is 58.4 Å². The Morgan fingerprint density at radius 3 is 2.85 bits per heavy atom. The van der Waals surface area contributed by atoms with E-state index in [2.05, 4.69) is 42.7 Å². The van der Waals surface area contributed by atoms with Crippen molar-refractivity contribution < 1.29 is 4.79 Å². The molecule has 0 aliphatic carbocycles. The van der Waals surface area contributed by atoms with Crippen LogP contribution in [0, 0.1) is 0 Å². The Bertz CT molecular complexity index is 448. The third kappa shape index (κ3) is 3.83. The molecule has 3 heteroatoms. The van der Waals surface area contributed by atoms with Crippen LogP contribution in [0.1, 0.15) is 63.1 Å². The Morgan fingerprint density at radius 2 is 2.10 bits per heavy atom. The summed E-state index contributed by atoms with van der Waals surface area (Å²) in [5.41, 5.74) is 3.64. The molecule has 1 aliphatic rings. The van der Waals surface area contributed by atoms with Gasteiger partial charge in [-0.2, -0.15) is 0 Å². The predicted octanol–water partition coefficient (Wildman–Crippen LogP) is 3.80. The van der Waals surface area contributed by atoms with Gasteiger partial charge in [-0.3, -0.25) is 4.79 Å². The highest BCUT2D eigenvalue weighted by molar-refractivity contribution is 5.93. The molecule has 1 aromatic carbocycles. The SMILES string of the molecule is CCCCC(NCCC)c1ccc2c(c1)CCC(=O)N2. The highest BCUT2D eigenvalue weighted by Crippen LogP contribution is 2.28. The zero-order valence-corrected chi connectivity index (χ0v) is 12.7. The fourth-order valence-corrected chi connectivity index (χ4v) is 2.73. The molecule has 0 radical (unpaired) electrons. The molecule has 2 rings (SSSR count). The number of rotatable bonds is 7. The second kappa shape index (κ2) is 7.44. The van der Waals surface area contributed by atoms with E-state index in [-0.39, 0.29) is 5.91 Å². The molecule has 0 aromatic heterocycles. The van der Waals surface area contributed by atoms with Gasteiger partial charge in [0.15, 0.2) is 0 Å². The van der Waals surface area contributed by atoms with Crippen molar-refractivity contribution in [2.75, 3.05) is 11.9 Å². The van der Waals surface area contributed by atoms with Gasteiger partial charge in [-0.05, 0) is 43.0 Å². The van der Waals surface area contributed by atoms with Gasteiger partial charge in [0.1, 0.15) is 0 Å². The first-order valence-electron chi connectivity index (χ1n) is 7.90. The maximum atomic E-state index is 11.4. The van der Waals surface area contributed by atoms with Crippen LogP contribution in [-0.4, -0.2) is 12.5 Å². The summed E-state index contributed by atoms with van der Waals surface area (Å²) in [6, 6.07) is 6.94. The van der Waals surface area contributed by atoms with E-state index in [1.165, 1.54) is 30.4 Å². The number of carbonyl (C=O) groups is 1. The first kappa shape index (κ1) is 15.0. The molecule has 3 nitrogen and oxygen atoms in total. The molecule has 0 saturated heterocycles. The van der Waals surface area contributed by atoms with E-state index in [0.29, 0.717) is 12.5 Å². The number of anilines is 1. The van der Waals surface area contributed by atoms with Gasteiger partial charge < -0.3 is 10.6 Å². The van der Waals surface area contributed by atoms with E-state index >= 15 is 0 Å². The number of fused-ring (bicyclic) bond motifs is 1. The summed E-state index contributed by atoms with van der Waals surface area (Å²) in [6.45, 7) is 5.49. The topological polar surface area (TPSA) is 41.1 Å². The molecule has 2 N–H and O–H groups in total. The largest absolute Gasteiger partial charge is 0.326 e. The second-order valence-electron chi connectivity index (χ2n) is 5.61. The van der Waals surface area contributed by atoms with Crippen LogP contribution in [0.2, 0.25) is 0 Å².